The molecule has 1 heterocycles. The van der Waals surface area contributed by atoms with E-state index in [2.05, 4.69) is 20.9 Å². The molecule has 0 saturated heterocycles. The smallest absolute Gasteiger partial charge is 0.152 e. The van der Waals surface area contributed by atoms with Crippen molar-refractivity contribution in [2.45, 2.75) is 13.8 Å². The van der Waals surface area contributed by atoms with Gasteiger partial charge in [0.1, 0.15) is 0 Å². The lowest BCUT2D eigenvalue weighted by molar-refractivity contribution is 0.112. The van der Waals surface area contributed by atoms with E-state index in [-0.39, 0.29) is 0 Å². The van der Waals surface area contributed by atoms with E-state index < -0.39 is 0 Å². The first kappa shape index (κ1) is 11.1. The zero-order chi connectivity index (χ0) is 11.7. The normalized spacial score (nSPS) is 10.4. The first-order valence-electron chi connectivity index (χ1n) is 4.89. The summed E-state index contributed by atoms with van der Waals surface area (Å²) in [6, 6.07) is 5.62. The van der Waals surface area contributed by atoms with Gasteiger partial charge < -0.3 is 4.57 Å². The molecule has 0 amide bonds. The highest BCUT2D eigenvalue weighted by molar-refractivity contribution is 9.10. The second-order valence-corrected chi connectivity index (χ2v) is 4.52. The molecular weight excluding hydrogens is 268 g/mol. The fourth-order valence-electron chi connectivity index (χ4n) is 1.58. The number of aromatic nitrogens is 2. The van der Waals surface area contributed by atoms with Gasteiger partial charge in [-0.1, -0.05) is 15.9 Å². The predicted octanol–water partition coefficient (Wildman–Crippen LogP) is 3.06. The number of carbonyl (C=O) groups excluding carboxylic acids is 1. The van der Waals surface area contributed by atoms with E-state index >= 15 is 0 Å². The number of aldehydes is 1. The second-order valence-electron chi connectivity index (χ2n) is 3.61. The van der Waals surface area contributed by atoms with Gasteiger partial charge in [-0.25, -0.2) is 4.98 Å². The number of benzene rings is 1. The summed E-state index contributed by atoms with van der Waals surface area (Å²) in [6.45, 7) is 3.93. The van der Waals surface area contributed by atoms with Gasteiger partial charge in [0.2, 0.25) is 0 Å². The lowest BCUT2D eigenvalue weighted by atomic mass is 10.2. The van der Waals surface area contributed by atoms with Crippen LogP contribution in [-0.2, 0) is 0 Å². The number of imidazole rings is 1. The van der Waals surface area contributed by atoms with E-state index in [1.807, 2.05) is 30.5 Å². The van der Waals surface area contributed by atoms with Crippen LogP contribution in [0.4, 0.5) is 0 Å². The predicted molar refractivity (Wildman–Crippen MR) is 66.1 cm³/mol. The molecular formula is C12H11BrN2O. The molecule has 0 aliphatic heterocycles. The second kappa shape index (κ2) is 4.22. The molecule has 0 spiro atoms. The van der Waals surface area contributed by atoms with E-state index in [9.17, 15) is 4.79 Å². The van der Waals surface area contributed by atoms with Crippen molar-refractivity contribution in [3.8, 4) is 5.69 Å². The van der Waals surface area contributed by atoms with Crippen LogP contribution in [0.1, 0.15) is 21.7 Å². The number of rotatable bonds is 2. The maximum atomic E-state index is 11.0. The Kier molecular flexibility index (Phi) is 2.92. The molecule has 0 fully saturated rings. The number of carbonyl (C=O) groups is 1. The summed E-state index contributed by atoms with van der Waals surface area (Å²) in [7, 11) is 0. The van der Waals surface area contributed by atoms with Gasteiger partial charge in [-0.2, -0.15) is 0 Å². The van der Waals surface area contributed by atoms with Gasteiger partial charge in [0, 0.05) is 15.7 Å². The topological polar surface area (TPSA) is 34.9 Å². The third-order valence-corrected chi connectivity index (χ3v) is 3.12. The van der Waals surface area contributed by atoms with Crippen LogP contribution in [0.2, 0.25) is 0 Å². The quantitative estimate of drug-likeness (QED) is 0.792. The number of hydrogen-bond donors (Lipinski definition) is 0. The van der Waals surface area contributed by atoms with Crippen molar-refractivity contribution in [1.82, 2.24) is 9.55 Å². The van der Waals surface area contributed by atoms with Crippen LogP contribution in [0.15, 0.2) is 29.0 Å². The molecule has 0 aliphatic carbocycles. The zero-order valence-corrected chi connectivity index (χ0v) is 10.7. The molecule has 0 N–H and O–H groups in total. The van der Waals surface area contributed by atoms with Gasteiger partial charge in [0.15, 0.2) is 6.29 Å². The fourth-order valence-corrected chi connectivity index (χ4v) is 1.96. The van der Waals surface area contributed by atoms with Crippen LogP contribution in [-0.4, -0.2) is 15.8 Å². The van der Waals surface area contributed by atoms with Gasteiger partial charge >= 0.3 is 0 Å². The number of nitrogens with zero attached hydrogens (tertiary/aromatic N) is 2. The van der Waals surface area contributed by atoms with Crippen LogP contribution in [0.5, 0.6) is 0 Å². The summed E-state index contributed by atoms with van der Waals surface area (Å²) in [5, 5.41) is 0. The molecule has 4 heteroatoms. The van der Waals surface area contributed by atoms with Gasteiger partial charge in [0.25, 0.3) is 0 Å². The first-order chi connectivity index (χ1) is 7.63. The van der Waals surface area contributed by atoms with E-state index in [1.54, 1.807) is 12.4 Å². The van der Waals surface area contributed by atoms with E-state index in [4.69, 9.17) is 0 Å². The third-order valence-electron chi connectivity index (χ3n) is 2.63. The minimum absolute atomic E-state index is 0.648. The van der Waals surface area contributed by atoms with Crippen molar-refractivity contribution < 1.29 is 4.79 Å². The largest absolute Gasteiger partial charge is 0.303 e. The number of aryl methyl sites for hydroxylation is 1. The maximum absolute atomic E-state index is 11.0. The monoisotopic (exact) mass is 278 g/mol. The summed E-state index contributed by atoms with van der Waals surface area (Å²) in [6.07, 6.45) is 2.59. The molecule has 1 aromatic heterocycles. The molecule has 0 bridgehead atoms. The summed E-state index contributed by atoms with van der Waals surface area (Å²) < 4.78 is 2.82. The molecule has 3 nitrogen and oxygen atoms in total. The molecule has 0 saturated carbocycles. The highest BCUT2D eigenvalue weighted by Gasteiger charge is 2.08. The van der Waals surface area contributed by atoms with Gasteiger partial charge in [-0.15, -0.1) is 0 Å². The molecule has 82 valence electrons. The SMILES string of the molecule is Cc1ncn(-c2ccc(Br)cc2C=O)c1C. The molecule has 1 aromatic carbocycles. The molecule has 0 atom stereocenters. The lowest BCUT2D eigenvalue weighted by Gasteiger charge is -2.08. The summed E-state index contributed by atoms with van der Waals surface area (Å²) in [5.41, 5.74) is 3.52. The Balaban J connectivity index is 2.64. The molecule has 0 radical (unpaired) electrons. The summed E-state index contributed by atoms with van der Waals surface area (Å²) >= 11 is 3.35. The highest BCUT2D eigenvalue weighted by atomic mass is 79.9. The first-order valence-corrected chi connectivity index (χ1v) is 5.68. The van der Waals surface area contributed by atoms with Crippen LogP contribution in [0, 0.1) is 13.8 Å². The third kappa shape index (κ3) is 1.80. The van der Waals surface area contributed by atoms with Gasteiger partial charge in [-0.05, 0) is 32.0 Å². The average Bonchev–Trinajstić information content (AvgIpc) is 2.60. The van der Waals surface area contributed by atoms with Crippen LogP contribution in [0.25, 0.3) is 5.69 Å². The van der Waals surface area contributed by atoms with E-state index in [0.29, 0.717) is 5.56 Å². The Labute approximate surface area is 102 Å². The fraction of sp³-hybridized carbons (Fsp3) is 0.167. The number of halogens is 1. The summed E-state index contributed by atoms with van der Waals surface area (Å²) in [5.74, 6) is 0. The minimum atomic E-state index is 0.648. The standard InChI is InChI=1S/C12H11BrN2O/c1-8-9(2)15(7-14-8)12-4-3-11(13)5-10(12)6-16/h3-7H,1-2H3. The van der Waals surface area contributed by atoms with Crippen molar-refractivity contribution in [3.63, 3.8) is 0 Å². The lowest BCUT2D eigenvalue weighted by Crippen LogP contribution is -2.00. The Hall–Kier alpha value is -1.42. The Morgan fingerprint density at radius 2 is 2.12 bits per heavy atom. The van der Waals surface area contributed by atoms with Crippen molar-refractivity contribution in [1.29, 1.82) is 0 Å². The molecule has 16 heavy (non-hydrogen) atoms. The molecule has 0 aliphatic rings. The molecule has 0 unspecified atom stereocenters. The molecule has 2 rings (SSSR count). The Bertz CT molecular complexity index is 546. The highest BCUT2D eigenvalue weighted by Crippen LogP contribution is 2.21. The van der Waals surface area contributed by atoms with Crippen molar-refractivity contribution in [3.05, 3.63) is 46.0 Å². The maximum Gasteiger partial charge on any atom is 0.152 e. The Morgan fingerprint density at radius 3 is 2.69 bits per heavy atom. The zero-order valence-electron chi connectivity index (χ0n) is 9.07. The van der Waals surface area contributed by atoms with Gasteiger partial charge in [-0.3, -0.25) is 4.79 Å². The van der Waals surface area contributed by atoms with Crippen LogP contribution >= 0.6 is 15.9 Å². The minimum Gasteiger partial charge on any atom is -0.303 e. The van der Waals surface area contributed by atoms with Crippen molar-refractivity contribution in [2.75, 3.05) is 0 Å². The van der Waals surface area contributed by atoms with Crippen molar-refractivity contribution in [2.24, 2.45) is 0 Å². The van der Waals surface area contributed by atoms with E-state index in [1.165, 1.54) is 0 Å². The van der Waals surface area contributed by atoms with Crippen LogP contribution in [0.3, 0.4) is 0 Å². The van der Waals surface area contributed by atoms with Crippen molar-refractivity contribution >= 4 is 22.2 Å². The molecule has 2 aromatic rings. The van der Waals surface area contributed by atoms with E-state index in [0.717, 1.165) is 27.8 Å². The summed E-state index contributed by atoms with van der Waals surface area (Å²) in [4.78, 5) is 15.2. The Morgan fingerprint density at radius 1 is 1.38 bits per heavy atom. The average molecular weight is 279 g/mol. The number of hydrogen-bond acceptors (Lipinski definition) is 2. The van der Waals surface area contributed by atoms with Gasteiger partial charge in [0.05, 0.1) is 17.7 Å². The van der Waals surface area contributed by atoms with Crippen LogP contribution < -0.4 is 0 Å².